The van der Waals surface area contributed by atoms with Gasteiger partial charge in [-0.2, -0.15) is 18.2 Å². The van der Waals surface area contributed by atoms with Crippen molar-refractivity contribution in [2.45, 2.75) is 84.6 Å². The highest BCUT2D eigenvalue weighted by molar-refractivity contribution is 5.85. The fourth-order valence-electron chi connectivity index (χ4n) is 6.72. The van der Waals surface area contributed by atoms with E-state index in [9.17, 15) is 18.0 Å². The maximum atomic E-state index is 13.6. The lowest BCUT2D eigenvalue weighted by molar-refractivity contribution is -0.147. The number of aromatic nitrogens is 4. The van der Waals surface area contributed by atoms with Crippen LogP contribution in [0, 0.1) is 18.3 Å². The van der Waals surface area contributed by atoms with E-state index in [4.69, 9.17) is 4.98 Å². The molecule has 1 amide bonds. The maximum absolute atomic E-state index is 13.6. The Labute approximate surface area is 213 Å². The first kappa shape index (κ1) is 24.2. The molecule has 0 saturated heterocycles. The minimum absolute atomic E-state index is 0.108. The Morgan fingerprint density at radius 1 is 1.16 bits per heavy atom. The Morgan fingerprint density at radius 2 is 1.92 bits per heavy atom. The fourth-order valence-corrected chi connectivity index (χ4v) is 6.72. The largest absolute Gasteiger partial charge is 0.416 e. The van der Waals surface area contributed by atoms with E-state index in [1.165, 1.54) is 13.0 Å². The molecule has 1 aliphatic heterocycles. The van der Waals surface area contributed by atoms with Crippen molar-refractivity contribution in [3.63, 3.8) is 0 Å². The van der Waals surface area contributed by atoms with Gasteiger partial charge in [0, 0.05) is 16.9 Å². The molecular formula is C27H31F3N6O. The monoisotopic (exact) mass is 512 g/mol. The van der Waals surface area contributed by atoms with Crippen molar-refractivity contribution in [3.8, 4) is 0 Å². The van der Waals surface area contributed by atoms with Crippen molar-refractivity contribution in [2.24, 2.45) is 11.3 Å². The molecule has 2 aromatic heterocycles. The molecule has 3 fully saturated rings. The van der Waals surface area contributed by atoms with Gasteiger partial charge in [0.15, 0.2) is 0 Å². The number of fused-ring (bicyclic) bond motifs is 4. The van der Waals surface area contributed by atoms with E-state index >= 15 is 0 Å². The minimum atomic E-state index is -4.42. The van der Waals surface area contributed by atoms with Gasteiger partial charge in [0.2, 0.25) is 5.91 Å². The molecule has 7 rings (SSSR count). The molecule has 3 aliphatic carbocycles. The lowest BCUT2D eigenvalue weighted by Gasteiger charge is -2.39. The number of alkyl halides is 3. The number of carbonyl (C=O) groups excluding carboxylic acids is 1. The number of amides is 1. The van der Waals surface area contributed by atoms with Crippen LogP contribution in [0.15, 0.2) is 18.2 Å². The van der Waals surface area contributed by atoms with Crippen LogP contribution in [0.25, 0.3) is 5.78 Å². The summed E-state index contributed by atoms with van der Waals surface area (Å²) in [6.45, 7) is 8.26. The van der Waals surface area contributed by atoms with Crippen LogP contribution in [-0.2, 0) is 24.1 Å². The molecule has 37 heavy (non-hydrogen) atoms. The summed E-state index contributed by atoms with van der Waals surface area (Å²) in [7, 11) is 0. The van der Waals surface area contributed by atoms with Gasteiger partial charge in [0.25, 0.3) is 5.78 Å². The number of nitrogens with one attached hydrogen (secondary N) is 1. The third-order valence-electron chi connectivity index (χ3n) is 8.62. The number of carbonyl (C=O) groups is 1. The number of benzene rings is 1. The van der Waals surface area contributed by atoms with E-state index in [0.29, 0.717) is 36.2 Å². The number of halogens is 3. The van der Waals surface area contributed by atoms with Gasteiger partial charge in [0.1, 0.15) is 11.6 Å². The molecular weight excluding hydrogens is 481 g/mol. The van der Waals surface area contributed by atoms with Gasteiger partial charge in [-0.3, -0.25) is 9.20 Å². The highest BCUT2D eigenvalue weighted by atomic mass is 19.4. The minimum Gasteiger partial charge on any atom is -0.363 e. The van der Waals surface area contributed by atoms with Crippen molar-refractivity contribution < 1.29 is 18.0 Å². The van der Waals surface area contributed by atoms with Gasteiger partial charge < -0.3 is 10.2 Å². The van der Waals surface area contributed by atoms with Crippen LogP contribution >= 0.6 is 0 Å². The highest BCUT2D eigenvalue weighted by Gasteiger charge is 2.57. The molecule has 2 bridgehead atoms. The van der Waals surface area contributed by atoms with E-state index in [0.717, 1.165) is 48.8 Å². The van der Waals surface area contributed by atoms with E-state index in [1.807, 2.05) is 30.1 Å². The lowest BCUT2D eigenvalue weighted by Crippen LogP contribution is -2.44. The molecule has 1 atom stereocenters. The summed E-state index contributed by atoms with van der Waals surface area (Å²) in [5.41, 5.74) is 1.68. The predicted octanol–water partition coefficient (Wildman–Crippen LogP) is 5.78. The Kier molecular flexibility index (Phi) is 5.34. The second kappa shape index (κ2) is 8.16. The number of hydrogen-bond donors (Lipinski definition) is 1. The SMILES string of the molecule is Cc1c(C(C)Nc2nc3nnc(C(C)C)n3c3c2CN(C(=O)C24CCC(C2)C4)C3)cccc1C(F)(F)F. The highest BCUT2D eigenvalue weighted by Crippen LogP contribution is 2.60. The lowest BCUT2D eigenvalue weighted by atomic mass is 9.69. The van der Waals surface area contributed by atoms with Crippen LogP contribution in [0.5, 0.6) is 0 Å². The van der Waals surface area contributed by atoms with Gasteiger partial charge in [0.05, 0.1) is 30.4 Å². The molecule has 3 aromatic rings. The summed E-state index contributed by atoms with van der Waals surface area (Å²) in [6.07, 6.45) is -0.381. The average Bonchev–Trinajstić information content (AvgIpc) is 3.58. The first-order valence-electron chi connectivity index (χ1n) is 13.0. The topological polar surface area (TPSA) is 75.4 Å². The Morgan fingerprint density at radius 3 is 2.57 bits per heavy atom. The normalized spacial score (nSPS) is 23.5. The summed E-state index contributed by atoms with van der Waals surface area (Å²) < 4.78 is 42.6. The molecule has 1 unspecified atom stereocenters. The van der Waals surface area contributed by atoms with Crippen molar-refractivity contribution >= 4 is 17.5 Å². The third-order valence-corrected chi connectivity index (χ3v) is 8.62. The summed E-state index contributed by atoms with van der Waals surface area (Å²) >= 11 is 0. The van der Waals surface area contributed by atoms with E-state index in [-0.39, 0.29) is 22.8 Å². The van der Waals surface area contributed by atoms with Crippen molar-refractivity contribution in [2.75, 3.05) is 5.32 Å². The number of nitrogens with zero attached hydrogens (tertiary/aromatic N) is 5. The van der Waals surface area contributed by atoms with E-state index in [2.05, 4.69) is 15.5 Å². The molecule has 10 heteroatoms. The molecule has 0 radical (unpaired) electrons. The molecule has 1 N–H and O–H groups in total. The van der Waals surface area contributed by atoms with Gasteiger partial charge in [-0.25, -0.2) is 0 Å². The van der Waals surface area contributed by atoms with Crippen molar-refractivity contribution in [3.05, 3.63) is 52.0 Å². The second-order valence-electron chi connectivity index (χ2n) is 11.4. The average molecular weight is 513 g/mol. The summed E-state index contributed by atoms with van der Waals surface area (Å²) in [5.74, 6) is 2.75. The van der Waals surface area contributed by atoms with Crippen LogP contribution in [-0.4, -0.2) is 30.4 Å². The molecule has 3 saturated carbocycles. The van der Waals surface area contributed by atoms with E-state index in [1.54, 1.807) is 6.07 Å². The third kappa shape index (κ3) is 3.70. The predicted molar refractivity (Wildman–Crippen MR) is 132 cm³/mol. The standard InChI is InChI=1S/C27H31F3N6O/c1-14(2)23-33-34-25-32-22(31-16(4)18-6-5-7-20(15(18)3)27(28,29)30)19-12-35(13-21(19)36(23)25)24(37)26-9-8-17(10-26)11-26/h5-7,14,16-17H,8-13H2,1-4H3,(H,31,32,34). The van der Waals surface area contributed by atoms with E-state index < -0.39 is 17.8 Å². The number of rotatable bonds is 5. The van der Waals surface area contributed by atoms with Crippen molar-refractivity contribution in [1.82, 2.24) is 24.5 Å². The molecule has 3 heterocycles. The summed E-state index contributed by atoms with van der Waals surface area (Å²) in [5, 5.41) is 12.0. The zero-order valence-corrected chi connectivity index (χ0v) is 21.5. The summed E-state index contributed by atoms with van der Waals surface area (Å²) in [4.78, 5) is 20.3. The van der Waals surface area contributed by atoms with Crippen molar-refractivity contribution in [1.29, 1.82) is 0 Å². The van der Waals surface area contributed by atoms with Gasteiger partial charge in [-0.05, 0) is 62.6 Å². The number of anilines is 1. The van der Waals surface area contributed by atoms with Crippen LogP contribution in [0.4, 0.5) is 19.0 Å². The Hall–Kier alpha value is -3.17. The zero-order chi connectivity index (χ0) is 26.3. The quantitative estimate of drug-likeness (QED) is 0.469. The molecule has 196 valence electrons. The Bertz CT molecular complexity index is 1400. The second-order valence-corrected chi connectivity index (χ2v) is 11.4. The zero-order valence-electron chi connectivity index (χ0n) is 21.5. The molecule has 7 nitrogen and oxygen atoms in total. The maximum Gasteiger partial charge on any atom is 0.416 e. The summed E-state index contributed by atoms with van der Waals surface area (Å²) in [6, 6.07) is 3.80. The first-order valence-corrected chi connectivity index (χ1v) is 13.0. The smallest absolute Gasteiger partial charge is 0.363 e. The van der Waals surface area contributed by atoms with Gasteiger partial charge >= 0.3 is 6.18 Å². The van der Waals surface area contributed by atoms with Crippen LogP contribution in [0.1, 0.15) is 92.2 Å². The molecule has 0 spiro atoms. The van der Waals surface area contributed by atoms with Gasteiger partial charge in [-0.15, -0.1) is 10.2 Å². The molecule has 4 aliphatic rings. The number of hydrogen-bond acceptors (Lipinski definition) is 5. The van der Waals surface area contributed by atoms with Gasteiger partial charge in [-0.1, -0.05) is 26.0 Å². The Balaban J connectivity index is 1.38. The van der Waals surface area contributed by atoms with Crippen LogP contribution < -0.4 is 5.32 Å². The fraction of sp³-hybridized carbons (Fsp3) is 0.556. The van der Waals surface area contributed by atoms with Crippen LogP contribution in [0.2, 0.25) is 0 Å². The molecule has 1 aromatic carbocycles. The first-order chi connectivity index (χ1) is 17.5. The van der Waals surface area contributed by atoms with Crippen LogP contribution in [0.3, 0.4) is 0 Å².